The molecule has 6 heteroatoms. The summed E-state index contributed by atoms with van der Waals surface area (Å²) in [7, 11) is 0. The number of hydrogen-bond donors (Lipinski definition) is 2. The molecular formula is C9H12ClN3O2. The summed E-state index contributed by atoms with van der Waals surface area (Å²) in [5, 5.41) is 3.12. The molecule has 0 saturated carbocycles. The van der Waals surface area contributed by atoms with Gasteiger partial charge in [0.05, 0.1) is 12.2 Å². The molecule has 82 valence electrons. The molecule has 0 aromatic carbocycles. The summed E-state index contributed by atoms with van der Waals surface area (Å²) in [6.07, 6.45) is 3.06. The van der Waals surface area contributed by atoms with Crippen molar-refractivity contribution in [1.82, 2.24) is 5.32 Å². The molecule has 0 unspecified atom stereocenters. The van der Waals surface area contributed by atoms with Crippen LogP contribution < -0.4 is 11.1 Å². The van der Waals surface area contributed by atoms with E-state index in [1.54, 1.807) is 13.0 Å². The van der Waals surface area contributed by atoms with Crippen molar-refractivity contribution in [1.29, 1.82) is 0 Å². The Balaban J connectivity index is 2.90. The van der Waals surface area contributed by atoms with E-state index in [1.165, 1.54) is 6.21 Å². The highest BCUT2D eigenvalue weighted by molar-refractivity contribution is 6.30. The quantitative estimate of drug-likeness (QED) is 0.419. The second kappa shape index (κ2) is 5.53. The fraction of sp³-hybridized carbons (Fsp3) is 0.333. The van der Waals surface area contributed by atoms with Crippen molar-refractivity contribution in [3.05, 3.63) is 22.6 Å². The highest BCUT2D eigenvalue weighted by Crippen LogP contribution is 2.11. The van der Waals surface area contributed by atoms with Gasteiger partial charge in [-0.1, -0.05) is 11.6 Å². The molecule has 0 radical (unpaired) electrons. The van der Waals surface area contributed by atoms with Crippen molar-refractivity contribution in [2.45, 2.75) is 6.92 Å². The van der Waals surface area contributed by atoms with Crippen LogP contribution in [0.15, 0.2) is 27.6 Å². The van der Waals surface area contributed by atoms with Crippen LogP contribution in [-0.4, -0.2) is 25.3 Å². The number of nitrogens with two attached hydrogens (primary N) is 1. The van der Waals surface area contributed by atoms with Gasteiger partial charge in [-0.25, -0.2) is 9.79 Å². The van der Waals surface area contributed by atoms with E-state index in [4.69, 9.17) is 22.1 Å². The average Bonchev–Trinajstić information content (AvgIpc) is 2.19. The van der Waals surface area contributed by atoms with Crippen LogP contribution in [0, 0.1) is 0 Å². The molecule has 0 aromatic heterocycles. The minimum Gasteiger partial charge on any atom is -0.462 e. The Morgan fingerprint density at radius 2 is 2.47 bits per heavy atom. The normalized spacial score (nSPS) is 17.9. The molecule has 0 amide bonds. The van der Waals surface area contributed by atoms with Crippen LogP contribution in [0.3, 0.4) is 0 Å². The molecule has 0 bridgehead atoms. The number of nitrogens with zero attached hydrogens (tertiary/aromatic N) is 1. The largest absolute Gasteiger partial charge is 0.462 e. The van der Waals surface area contributed by atoms with E-state index in [-0.39, 0.29) is 12.1 Å². The van der Waals surface area contributed by atoms with E-state index in [9.17, 15) is 4.79 Å². The maximum atomic E-state index is 11.4. The van der Waals surface area contributed by atoms with E-state index in [1.807, 2.05) is 0 Å². The van der Waals surface area contributed by atoms with Crippen LogP contribution in [0.1, 0.15) is 6.92 Å². The van der Waals surface area contributed by atoms with Crippen molar-refractivity contribution in [2.75, 3.05) is 13.2 Å². The SMILES string of the molecule is CCOC(=O)/C(CN)=C1/N=CC=C(Cl)N1. The molecule has 1 aliphatic heterocycles. The predicted molar refractivity (Wildman–Crippen MR) is 58.3 cm³/mol. The minimum atomic E-state index is -0.481. The van der Waals surface area contributed by atoms with Crippen LogP contribution in [0.4, 0.5) is 0 Å². The van der Waals surface area contributed by atoms with E-state index in [0.29, 0.717) is 17.6 Å². The lowest BCUT2D eigenvalue weighted by Crippen LogP contribution is -2.23. The predicted octanol–water partition coefficient (Wildman–Crippen LogP) is 0.474. The van der Waals surface area contributed by atoms with Gasteiger partial charge in [-0.05, 0) is 13.0 Å². The van der Waals surface area contributed by atoms with E-state index in [0.717, 1.165) is 0 Å². The molecule has 5 nitrogen and oxygen atoms in total. The van der Waals surface area contributed by atoms with Gasteiger partial charge in [-0.15, -0.1) is 0 Å². The summed E-state index contributed by atoms with van der Waals surface area (Å²) in [4.78, 5) is 15.4. The van der Waals surface area contributed by atoms with Gasteiger partial charge in [-0.2, -0.15) is 0 Å². The molecular weight excluding hydrogens is 218 g/mol. The average molecular weight is 230 g/mol. The summed E-state index contributed by atoms with van der Waals surface area (Å²) in [6.45, 7) is 2.06. The number of allylic oxidation sites excluding steroid dienone is 1. The lowest BCUT2D eigenvalue weighted by Gasteiger charge is -2.13. The second-order valence-corrected chi connectivity index (χ2v) is 3.08. The van der Waals surface area contributed by atoms with Gasteiger partial charge in [0.2, 0.25) is 0 Å². The Hall–Kier alpha value is -1.33. The van der Waals surface area contributed by atoms with Gasteiger partial charge in [0.1, 0.15) is 11.0 Å². The summed E-state index contributed by atoms with van der Waals surface area (Å²) < 4.78 is 4.83. The Bertz CT molecular complexity index is 347. The first kappa shape index (κ1) is 11.7. The highest BCUT2D eigenvalue weighted by Gasteiger charge is 2.16. The first-order chi connectivity index (χ1) is 7.19. The summed E-state index contributed by atoms with van der Waals surface area (Å²) in [6, 6.07) is 0. The van der Waals surface area contributed by atoms with Crippen molar-refractivity contribution < 1.29 is 9.53 Å². The number of carbonyl (C=O) groups is 1. The van der Waals surface area contributed by atoms with Crippen molar-refractivity contribution >= 4 is 23.8 Å². The number of rotatable bonds is 3. The number of halogens is 1. The van der Waals surface area contributed by atoms with Gasteiger partial charge in [0.25, 0.3) is 0 Å². The molecule has 0 saturated heterocycles. The summed E-state index contributed by atoms with van der Waals surface area (Å²) in [5.41, 5.74) is 5.72. The van der Waals surface area contributed by atoms with Gasteiger partial charge in [-0.3, -0.25) is 0 Å². The summed E-state index contributed by atoms with van der Waals surface area (Å²) in [5.74, 6) is -0.144. The van der Waals surface area contributed by atoms with Crippen LogP contribution in [0.2, 0.25) is 0 Å². The topological polar surface area (TPSA) is 76.7 Å². The standard InChI is InChI=1S/C9H12ClN3O2/c1-2-15-9(14)6(5-11)8-12-4-3-7(10)13-8/h3-4,13H,2,5,11H2,1H3/b8-6-. The Labute approximate surface area is 92.6 Å². The first-order valence-electron chi connectivity index (χ1n) is 4.46. The van der Waals surface area contributed by atoms with Gasteiger partial charge < -0.3 is 15.8 Å². The fourth-order valence-corrected chi connectivity index (χ4v) is 1.16. The lowest BCUT2D eigenvalue weighted by atomic mass is 10.2. The molecule has 3 N–H and O–H groups in total. The zero-order chi connectivity index (χ0) is 11.3. The maximum absolute atomic E-state index is 11.4. The van der Waals surface area contributed by atoms with Crippen molar-refractivity contribution in [3.8, 4) is 0 Å². The highest BCUT2D eigenvalue weighted by atomic mass is 35.5. The van der Waals surface area contributed by atoms with Crippen LogP contribution >= 0.6 is 11.6 Å². The number of nitrogens with one attached hydrogen (secondary N) is 1. The fourth-order valence-electron chi connectivity index (χ4n) is 1.01. The third-order valence-corrected chi connectivity index (χ3v) is 1.89. The maximum Gasteiger partial charge on any atom is 0.339 e. The molecule has 0 fully saturated rings. The molecule has 1 rings (SSSR count). The minimum absolute atomic E-state index is 0.0443. The van der Waals surface area contributed by atoms with Crippen LogP contribution in [0.25, 0.3) is 0 Å². The monoisotopic (exact) mass is 229 g/mol. The van der Waals surface area contributed by atoms with Crippen LogP contribution in [-0.2, 0) is 9.53 Å². The van der Waals surface area contributed by atoms with E-state index >= 15 is 0 Å². The molecule has 15 heavy (non-hydrogen) atoms. The first-order valence-corrected chi connectivity index (χ1v) is 4.84. The lowest BCUT2D eigenvalue weighted by molar-refractivity contribution is -0.138. The third-order valence-electron chi connectivity index (χ3n) is 1.67. The second-order valence-electron chi connectivity index (χ2n) is 2.67. The molecule has 0 aliphatic carbocycles. The van der Waals surface area contributed by atoms with E-state index < -0.39 is 5.97 Å². The molecule has 1 heterocycles. The Kier molecular flexibility index (Phi) is 4.33. The van der Waals surface area contributed by atoms with Gasteiger partial charge in [0, 0.05) is 12.8 Å². The Morgan fingerprint density at radius 1 is 1.73 bits per heavy atom. The molecule has 1 aliphatic rings. The van der Waals surface area contributed by atoms with E-state index in [2.05, 4.69) is 10.3 Å². The molecule has 0 aromatic rings. The number of hydrogen-bond acceptors (Lipinski definition) is 5. The molecule has 0 spiro atoms. The van der Waals surface area contributed by atoms with Crippen molar-refractivity contribution in [2.24, 2.45) is 10.7 Å². The Morgan fingerprint density at radius 3 is 3.00 bits per heavy atom. The number of esters is 1. The smallest absolute Gasteiger partial charge is 0.339 e. The van der Waals surface area contributed by atoms with Gasteiger partial charge >= 0.3 is 5.97 Å². The molecule has 0 atom stereocenters. The number of ether oxygens (including phenoxy) is 1. The van der Waals surface area contributed by atoms with Crippen molar-refractivity contribution in [3.63, 3.8) is 0 Å². The zero-order valence-electron chi connectivity index (χ0n) is 8.29. The zero-order valence-corrected chi connectivity index (χ0v) is 9.04. The third kappa shape index (κ3) is 3.07. The number of carbonyl (C=O) groups excluding carboxylic acids is 1. The number of aliphatic imine (C=N–C) groups is 1. The summed E-state index contributed by atoms with van der Waals surface area (Å²) >= 11 is 5.73. The van der Waals surface area contributed by atoms with Crippen LogP contribution in [0.5, 0.6) is 0 Å². The van der Waals surface area contributed by atoms with Gasteiger partial charge in [0.15, 0.2) is 0 Å².